The molecule has 2 aromatic heterocycles. The number of benzene rings is 2. The second-order valence-electron chi connectivity index (χ2n) is 7.49. The summed E-state index contributed by atoms with van der Waals surface area (Å²) in [5, 5.41) is 0. The molecule has 29 heavy (non-hydrogen) atoms. The van der Waals surface area contributed by atoms with Crippen molar-refractivity contribution < 1.29 is 0 Å². The van der Waals surface area contributed by atoms with Crippen molar-refractivity contribution in [2.75, 3.05) is 0 Å². The Morgan fingerprint density at radius 3 is 2.03 bits per heavy atom. The average molecular weight is 415 g/mol. The van der Waals surface area contributed by atoms with Crippen LogP contribution in [-0.2, 0) is 12.8 Å². The van der Waals surface area contributed by atoms with E-state index in [4.69, 9.17) is 0 Å². The molecule has 4 rings (SSSR count). The minimum absolute atomic E-state index is 1.07. The van der Waals surface area contributed by atoms with Crippen molar-refractivity contribution >= 4 is 32.1 Å². The Hall–Kier alpha value is -2.34. The maximum absolute atomic E-state index is 3.41. The smallest absolute Gasteiger partial charge is 0.0822 e. The zero-order chi connectivity index (χ0) is 20.2. The number of aryl methyl sites for hydroxylation is 3. The van der Waals surface area contributed by atoms with Gasteiger partial charge < -0.3 is 0 Å². The first-order chi connectivity index (χ1) is 14.2. The van der Waals surface area contributed by atoms with Gasteiger partial charge in [0.1, 0.15) is 0 Å². The van der Waals surface area contributed by atoms with Crippen LogP contribution in [0.4, 0.5) is 0 Å². The van der Waals surface area contributed by atoms with Gasteiger partial charge in [0.15, 0.2) is 0 Å². The maximum Gasteiger partial charge on any atom is 0.0822 e. The summed E-state index contributed by atoms with van der Waals surface area (Å²) in [5.74, 6) is 6.77. The first kappa shape index (κ1) is 20.0. The van der Waals surface area contributed by atoms with Crippen LogP contribution in [0.2, 0.25) is 0 Å². The summed E-state index contributed by atoms with van der Waals surface area (Å²) in [6, 6.07) is 19.9. The van der Waals surface area contributed by atoms with Crippen molar-refractivity contribution in [3.8, 4) is 23.0 Å². The molecule has 2 aromatic carbocycles. The van der Waals surface area contributed by atoms with Crippen LogP contribution in [0.15, 0.2) is 54.6 Å². The lowest BCUT2D eigenvalue weighted by Gasteiger charge is -2.04. The van der Waals surface area contributed by atoms with Crippen molar-refractivity contribution in [1.29, 1.82) is 0 Å². The fraction of sp³-hybridized carbons (Fsp3) is 0.259. The van der Waals surface area contributed by atoms with Gasteiger partial charge in [0.05, 0.1) is 4.88 Å². The fourth-order valence-electron chi connectivity index (χ4n) is 3.57. The van der Waals surface area contributed by atoms with E-state index >= 15 is 0 Å². The summed E-state index contributed by atoms with van der Waals surface area (Å²) in [6.07, 6.45) is 4.72. The molecule has 146 valence electrons. The molecule has 0 radical (unpaired) electrons. The van der Waals surface area contributed by atoms with Crippen LogP contribution in [0.25, 0.3) is 20.5 Å². The number of fused-ring (bicyclic) bond motifs is 1. The predicted molar refractivity (Wildman–Crippen MR) is 130 cm³/mol. The molecule has 0 N–H and O–H groups in total. The van der Waals surface area contributed by atoms with Gasteiger partial charge in [-0.1, -0.05) is 74.9 Å². The van der Waals surface area contributed by atoms with Gasteiger partial charge in [-0.15, -0.1) is 22.7 Å². The molecule has 0 spiro atoms. The lowest BCUT2D eigenvalue weighted by Crippen LogP contribution is -1.84. The second kappa shape index (κ2) is 8.99. The zero-order valence-electron chi connectivity index (χ0n) is 17.3. The molecule has 0 bridgehead atoms. The van der Waals surface area contributed by atoms with Crippen LogP contribution in [0.1, 0.15) is 53.1 Å². The summed E-state index contributed by atoms with van der Waals surface area (Å²) >= 11 is 3.77. The van der Waals surface area contributed by atoms with Crippen LogP contribution in [0.5, 0.6) is 0 Å². The molecule has 0 atom stereocenters. The topological polar surface area (TPSA) is 0 Å². The molecule has 0 unspecified atom stereocenters. The summed E-state index contributed by atoms with van der Waals surface area (Å²) in [7, 11) is 0. The quantitative estimate of drug-likeness (QED) is 0.288. The molecule has 0 nitrogen and oxygen atoms in total. The summed E-state index contributed by atoms with van der Waals surface area (Å²) < 4.78 is 2.81. The Labute approximate surface area is 182 Å². The van der Waals surface area contributed by atoms with Crippen LogP contribution < -0.4 is 0 Å². The second-order valence-corrected chi connectivity index (χ2v) is 9.68. The van der Waals surface area contributed by atoms with Gasteiger partial charge in [0, 0.05) is 19.8 Å². The summed E-state index contributed by atoms with van der Waals surface area (Å²) in [5.41, 5.74) is 6.33. The van der Waals surface area contributed by atoms with Gasteiger partial charge >= 0.3 is 0 Å². The molecule has 4 aromatic rings. The Morgan fingerprint density at radius 2 is 1.41 bits per heavy atom. The normalized spacial score (nSPS) is 10.9. The summed E-state index contributed by atoms with van der Waals surface area (Å²) in [6.45, 7) is 6.67. The molecular formula is C27H26S2. The van der Waals surface area contributed by atoms with Gasteiger partial charge in [-0.3, -0.25) is 0 Å². The van der Waals surface area contributed by atoms with E-state index < -0.39 is 0 Å². The molecule has 0 aliphatic carbocycles. The van der Waals surface area contributed by atoms with Gasteiger partial charge in [0.2, 0.25) is 0 Å². The third-order valence-corrected chi connectivity index (χ3v) is 7.77. The van der Waals surface area contributed by atoms with E-state index in [1.54, 1.807) is 0 Å². The lowest BCUT2D eigenvalue weighted by molar-refractivity contribution is 0.922. The molecule has 0 aliphatic rings. The molecule has 2 heterocycles. The first-order valence-corrected chi connectivity index (χ1v) is 12.0. The fourth-order valence-corrected chi connectivity index (χ4v) is 6.14. The first-order valence-electron chi connectivity index (χ1n) is 10.4. The highest BCUT2D eigenvalue weighted by Gasteiger charge is 2.10. The molecule has 0 fully saturated rings. The highest BCUT2D eigenvalue weighted by atomic mass is 32.1. The van der Waals surface area contributed by atoms with Gasteiger partial charge in [0.25, 0.3) is 0 Å². The highest BCUT2D eigenvalue weighted by molar-refractivity contribution is 7.28. The largest absolute Gasteiger partial charge is 0.139 e. The minimum Gasteiger partial charge on any atom is -0.139 e. The number of rotatable bonds is 5. The monoisotopic (exact) mass is 414 g/mol. The third kappa shape index (κ3) is 4.47. The van der Waals surface area contributed by atoms with Gasteiger partial charge in [-0.25, -0.2) is 0 Å². The van der Waals surface area contributed by atoms with Crippen molar-refractivity contribution in [3.63, 3.8) is 0 Å². The Balaban J connectivity index is 1.52. The maximum atomic E-state index is 3.41. The number of thiophene rings is 2. The van der Waals surface area contributed by atoms with Crippen LogP contribution in [-0.4, -0.2) is 0 Å². The van der Waals surface area contributed by atoms with Crippen molar-refractivity contribution in [2.45, 2.75) is 46.5 Å². The molecule has 0 saturated carbocycles. The Bertz CT molecular complexity index is 1160. The SMILES string of the molecule is CCCc1ccc(-c2ccc(C#Cc3sc4cc(CCC)sc4c3C)cc2)cc1. The van der Waals surface area contributed by atoms with E-state index in [0.29, 0.717) is 0 Å². The van der Waals surface area contributed by atoms with E-state index in [2.05, 4.69) is 87.2 Å². The average Bonchev–Trinajstić information content (AvgIpc) is 3.26. The van der Waals surface area contributed by atoms with Gasteiger partial charge in [-0.2, -0.15) is 0 Å². The number of hydrogen-bond donors (Lipinski definition) is 0. The van der Waals surface area contributed by atoms with Crippen molar-refractivity contribution in [2.24, 2.45) is 0 Å². The Kier molecular flexibility index (Phi) is 6.19. The third-order valence-electron chi connectivity index (χ3n) is 5.17. The van der Waals surface area contributed by atoms with E-state index in [9.17, 15) is 0 Å². The van der Waals surface area contributed by atoms with Crippen LogP contribution in [0.3, 0.4) is 0 Å². The van der Waals surface area contributed by atoms with E-state index in [-0.39, 0.29) is 0 Å². The van der Waals surface area contributed by atoms with E-state index in [1.807, 2.05) is 22.7 Å². The lowest BCUT2D eigenvalue weighted by atomic mass is 10.0. The Morgan fingerprint density at radius 1 is 0.759 bits per heavy atom. The summed E-state index contributed by atoms with van der Waals surface area (Å²) in [4.78, 5) is 2.69. The van der Waals surface area contributed by atoms with Crippen molar-refractivity contribution in [3.05, 3.63) is 81.0 Å². The van der Waals surface area contributed by atoms with Crippen LogP contribution >= 0.6 is 22.7 Å². The zero-order valence-corrected chi connectivity index (χ0v) is 19.0. The van der Waals surface area contributed by atoms with E-state index in [0.717, 1.165) is 12.0 Å². The molecule has 0 aliphatic heterocycles. The predicted octanol–water partition coefficient (Wildman–Crippen LogP) is 8.24. The number of hydrogen-bond acceptors (Lipinski definition) is 2. The highest BCUT2D eigenvalue weighted by Crippen LogP contribution is 2.37. The minimum atomic E-state index is 1.07. The van der Waals surface area contributed by atoms with E-state index in [1.165, 1.54) is 60.7 Å². The standard InChI is InChI=1S/C27H26S2/c1-4-6-20-8-13-22(14-9-20)23-15-10-21(11-16-23)12-17-25-19(3)27-26(29-25)18-24(28-27)7-5-2/h8-11,13-16,18H,4-7H2,1-3H3. The molecule has 0 amide bonds. The molecule has 0 saturated heterocycles. The van der Waals surface area contributed by atoms with Crippen LogP contribution in [0, 0.1) is 18.8 Å². The van der Waals surface area contributed by atoms with Gasteiger partial charge in [-0.05, 0) is 60.2 Å². The molecule has 2 heteroatoms. The van der Waals surface area contributed by atoms with Crippen molar-refractivity contribution in [1.82, 2.24) is 0 Å². The molecular weight excluding hydrogens is 388 g/mol.